The molecule has 2 aromatic rings. The molecule has 5 rings (SSSR count). The van der Waals surface area contributed by atoms with E-state index in [0.717, 1.165) is 31.2 Å². The van der Waals surface area contributed by atoms with Crippen molar-refractivity contribution in [2.45, 2.75) is 38.1 Å². The lowest BCUT2D eigenvalue weighted by molar-refractivity contribution is -0.142. The van der Waals surface area contributed by atoms with Gasteiger partial charge in [0.05, 0.1) is 0 Å². The van der Waals surface area contributed by atoms with Crippen molar-refractivity contribution < 1.29 is 19.1 Å². The van der Waals surface area contributed by atoms with E-state index >= 15 is 0 Å². The van der Waals surface area contributed by atoms with Crippen LogP contribution in [0.4, 0.5) is 5.13 Å². The molecule has 3 aliphatic rings. The lowest BCUT2D eigenvalue weighted by Crippen LogP contribution is -2.46. The number of nitrogens with one attached hydrogen (secondary N) is 1. The van der Waals surface area contributed by atoms with E-state index < -0.39 is 6.04 Å². The van der Waals surface area contributed by atoms with Crippen LogP contribution < -0.4 is 14.8 Å². The van der Waals surface area contributed by atoms with Gasteiger partial charge in [-0.3, -0.25) is 14.9 Å². The van der Waals surface area contributed by atoms with Crippen LogP contribution in [0, 0.1) is 5.92 Å². The highest BCUT2D eigenvalue weighted by Gasteiger charge is 2.39. The number of benzene rings is 1. The second kappa shape index (κ2) is 7.05. The van der Waals surface area contributed by atoms with Gasteiger partial charge in [-0.1, -0.05) is 17.8 Å². The summed E-state index contributed by atoms with van der Waals surface area (Å²) in [5.74, 6) is 1.43. The number of hydrogen-bond acceptors (Lipinski definition) is 7. The standard InChI is InChI=1S/C19H20N4O4S/c24-16(13-5-2-8-23(13)18(25)11-3-1-4-11)20-19-22-21-17(28-19)12-6-7-14-15(9-12)27-10-26-14/h6-7,9,11,13H,1-5,8,10H2,(H,20,22,24). The monoisotopic (exact) mass is 400 g/mol. The van der Waals surface area contributed by atoms with Crippen LogP contribution in [0.15, 0.2) is 18.2 Å². The van der Waals surface area contributed by atoms with Crippen LogP contribution in [0.25, 0.3) is 10.6 Å². The van der Waals surface area contributed by atoms with Crippen molar-refractivity contribution in [3.8, 4) is 22.1 Å². The third-order valence-corrected chi connectivity index (χ3v) is 6.46. The van der Waals surface area contributed by atoms with Gasteiger partial charge >= 0.3 is 0 Å². The molecule has 1 aliphatic carbocycles. The summed E-state index contributed by atoms with van der Waals surface area (Å²) in [5.41, 5.74) is 0.852. The highest BCUT2D eigenvalue weighted by Crippen LogP contribution is 2.37. The summed E-state index contributed by atoms with van der Waals surface area (Å²) < 4.78 is 10.7. The van der Waals surface area contributed by atoms with Crippen molar-refractivity contribution in [2.24, 2.45) is 5.92 Å². The van der Waals surface area contributed by atoms with E-state index in [1.54, 1.807) is 4.90 Å². The third kappa shape index (κ3) is 3.09. The zero-order valence-electron chi connectivity index (χ0n) is 15.2. The summed E-state index contributed by atoms with van der Waals surface area (Å²) in [5, 5.41) is 12.2. The molecule has 0 spiro atoms. The second-order valence-electron chi connectivity index (χ2n) is 7.29. The Kier molecular flexibility index (Phi) is 4.38. The van der Waals surface area contributed by atoms with Crippen LogP contribution in [0.1, 0.15) is 32.1 Å². The number of amides is 2. The lowest BCUT2D eigenvalue weighted by atomic mass is 9.84. The van der Waals surface area contributed by atoms with Gasteiger partial charge in [-0.2, -0.15) is 0 Å². The van der Waals surface area contributed by atoms with Crippen molar-refractivity contribution in [1.82, 2.24) is 15.1 Å². The Bertz CT molecular complexity index is 926. The molecule has 2 amide bonds. The van der Waals surface area contributed by atoms with Crippen LogP contribution in [-0.2, 0) is 9.59 Å². The molecule has 3 heterocycles. The first-order valence-corrected chi connectivity index (χ1v) is 10.4. The maximum atomic E-state index is 12.8. The van der Waals surface area contributed by atoms with E-state index in [1.807, 2.05) is 18.2 Å². The molecule has 0 radical (unpaired) electrons. The molecule has 1 atom stereocenters. The SMILES string of the molecule is O=C(Nc1nnc(-c2ccc3c(c2)OCO3)s1)C1CCCN1C(=O)C1CCC1. The summed E-state index contributed by atoms with van der Waals surface area (Å²) in [6.45, 7) is 0.875. The van der Waals surface area contributed by atoms with Crippen molar-refractivity contribution in [3.63, 3.8) is 0 Å². The van der Waals surface area contributed by atoms with Gasteiger partial charge in [-0.15, -0.1) is 10.2 Å². The summed E-state index contributed by atoms with van der Waals surface area (Å²) in [6, 6.07) is 5.16. The number of carbonyl (C=O) groups is 2. The van der Waals surface area contributed by atoms with Crippen molar-refractivity contribution >= 4 is 28.3 Å². The first-order chi connectivity index (χ1) is 13.7. The summed E-state index contributed by atoms with van der Waals surface area (Å²) in [4.78, 5) is 27.1. The minimum Gasteiger partial charge on any atom is -0.454 e. The van der Waals surface area contributed by atoms with E-state index in [2.05, 4.69) is 15.5 Å². The highest BCUT2D eigenvalue weighted by atomic mass is 32.1. The molecule has 1 N–H and O–H groups in total. The largest absolute Gasteiger partial charge is 0.454 e. The molecule has 2 aliphatic heterocycles. The molecule has 1 aromatic carbocycles. The van der Waals surface area contributed by atoms with Crippen molar-refractivity contribution in [1.29, 1.82) is 0 Å². The fourth-order valence-electron chi connectivity index (χ4n) is 3.80. The maximum absolute atomic E-state index is 12.8. The number of rotatable bonds is 4. The molecule has 1 aromatic heterocycles. The zero-order valence-corrected chi connectivity index (χ0v) is 16.0. The molecule has 1 saturated carbocycles. The first kappa shape index (κ1) is 17.4. The molecule has 2 fully saturated rings. The first-order valence-electron chi connectivity index (χ1n) is 9.54. The van der Waals surface area contributed by atoms with Gasteiger partial charge in [0.15, 0.2) is 11.5 Å². The molecular formula is C19H20N4O4S. The number of fused-ring (bicyclic) bond motifs is 1. The van der Waals surface area contributed by atoms with Gasteiger partial charge in [0.2, 0.25) is 23.7 Å². The van der Waals surface area contributed by atoms with Crippen LogP contribution >= 0.6 is 11.3 Å². The molecular weight excluding hydrogens is 380 g/mol. The topological polar surface area (TPSA) is 93.7 Å². The van der Waals surface area contributed by atoms with Crippen LogP contribution in [-0.4, -0.2) is 46.3 Å². The number of ether oxygens (including phenoxy) is 2. The Balaban J connectivity index is 1.27. The average Bonchev–Trinajstić information content (AvgIpc) is 3.39. The Labute approximate surface area is 165 Å². The predicted octanol–water partition coefficient (Wildman–Crippen LogP) is 2.66. The van der Waals surface area contributed by atoms with Gasteiger partial charge in [0.25, 0.3) is 0 Å². The van der Waals surface area contributed by atoms with Gasteiger partial charge in [0.1, 0.15) is 11.0 Å². The van der Waals surface area contributed by atoms with Crippen LogP contribution in [0.3, 0.4) is 0 Å². The molecule has 1 unspecified atom stereocenters. The van der Waals surface area contributed by atoms with Crippen LogP contribution in [0.5, 0.6) is 11.5 Å². The summed E-state index contributed by atoms with van der Waals surface area (Å²) in [7, 11) is 0. The minimum absolute atomic E-state index is 0.104. The molecule has 1 saturated heterocycles. The number of nitrogens with zero attached hydrogens (tertiary/aromatic N) is 3. The van der Waals surface area contributed by atoms with E-state index in [0.29, 0.717) is 34.6 Å². The molecule has 146 valence electrons. The van der Waals surface area contributed by atoms with Gasteiger partial charge < -0.3 is 14.4 Å². The number of aromatic nitrogens is 2. The molecule has 8 nitrogen and oxygen atoms in total. The Morgan fingerprint density at radius 3 is 2.79 bits per heavy atom. The quantitative estimate of drug-likeness (QED) is 0.848. The van der Waals surface area contributed by atoms with Crippen LogP contribution in [0.2, 0.25) is 0 Å². The number of likely N-dealkylation sites (tertiary alicyclic amines) is 1. The minimum atomic E-state index is -0.411. The highest BCUT2D eigenvalue weighted by molar-refractivity contribution is 7.18. The van der Waals surface area contributed by atoms with Crippen molar-refractivity contribution in [3.05, 3.63) is 18.2 Å². The van der Waals surface area contributed by atoms with E-state index in [9.17, 15) is 9.59 Å². The molecule has 9 heteroatoms. The fraction of sp³-hybridized carbons (Fsp3) is 0.474. The number of carbonyl (C=O) groups excluding carboxylic acids is 2. The Hall–Kier alpha value is -2.68. The van der Waals surface area contributed by atoms with Gasteiger partial charge in [0, 0.05) is 18.0 Å². The molecule has 0 bridgehead atoms. The third-order valence-electron chi connectivity index (χ3n) is 5.57. The van der Waals surface area contributed by atoms with E-state index in [1.165, 1.54) is 11.3 Å². The lowest BCUT2D eigenvalue weighted by Gasteiger charge is -2.32. The van der Waals surface area contributed by atoms with Gasteiger partial charge in [-0.25, -0.2) is 0 Å². The predicted molar refractivity (Wildman–Crippen MR) is 102 cm³/mol. The average molecular weight is 400 g/mol. The van der Waals surface area contributed by atoms with E-state index in [4.69, 9.17) is 9.47 Å². The smallest absolute Gasteiger partial charge is 0.249 e. The Morgan fingerprint density at radius 1 is 1.11 bits per heavy atom. The normalized spacial score (nSPS) is 20.9. The summed E-state index contributed by atoms with van der Waals surface area (Å²) in [6.07, 6.45) is 4.54. The fourth-order valence-corrected chi connectivity index (χ4v) is 4.54. The summed E-state index contributed by atoms with van der Waals surface area (Å²) >= 11 is 1.30. The zero-order chi connectivity index (χ0) is 19.1. The Morgan fingerprint density at radius 2 is 1.96 bits per heavy atom. The number of anilines is 1. The number of hydrogen-bond donors (Lipinski definition) is 1. The maximum Gasteiger partial charge on any atom is 0.249 e. The van der Waals surface area contributed by atoms with Crippen molar-refractivity contribution in [2.75, 3.05) is 18.7 Å². The van der Waals surface area contributed by atoms with Gasteiger partial charge in [-0.05, 0) is 43.9 Å². The second-order valence-corrected chi connectivity index (χ2v) is 8.26. The van der Waals surface area contributed by atoms with E-state index in [-0.39, 0.29) is 24.5 Å². The molecule has 28 heavy (non-hydrogen) atoms.